The topological polar surface area (TPSA) is 27.5 Å². The van der Waals surface area contributed by atoms with Gasteiger partial charge in [-0.15, -0.1) is 0 Å². The Kier molecular flexibility index (Phi) is 5.34. The number of likely N-dealkylation sites (tertiary alicyclic amines) is 1. The minimum absolute atomic E-state index is 0.798. The molecule has 2 aromatic heterocycles. The first-order valence-electron chi connectivity index (χ1n) is 10.7. The highest BCUT2D eigenvalue weighted by molar-refractivity contribution is 6.30. The number of piperazine rings is 1. The van der Waals surface area contributed by atoms with E-state index >= 15 is 0 Å². The summed E-state index contributed by atoms with van der Waals surface area (Å²) in [4.78, 5) is 12.4. The third kappa shape index (κ3) is 4.07. The summed E-state index contributed by atoms with van der Waals surface area (Å²) in [5.41, 5.74) is 2.32. The summed E-state index contributed by atoms with van der Waals surface area (Å²) in [5, 5.41) is 2.03. The van der Waals surface area contributed by atoms with Crippen LogP contribution < -0.4 is 9.80 Å². The van der Waals surface area contributed by atoms with Gasteiger partial charge in [-0.3, -0.25) is 0 Å². The number of fused-ring (bicyclic) bond motifs is 1. The summed E-state index contributed by atoms with van der Waals surface area (Å²) in [6.45, 7) is 8.53. The fraction of sp³-hybridized carbons (Fsp3) is 0.435. The molecule has 0 amide bonds. The zero-order valence-electron chi connectivity index (χ0n) is 16.8. The summed E-state index contributed by atoms with van der Waals surface area (Å²) in [6.07, 6.45) is 4.88. The van der Waals surface area contributed by atoms with Gasteiger partial charge in [-0.1, -0.05) is 17.7 Å². The van der Waals surface area contributed by atoms with E-state index in [1.54, 1.807) is 0 Å². The second-order valence-electron chi connectivity index (χ2n) is 8.09. The van der Waals surface area contributed by atoms with Gasteiger partial charge in [-0.25, -0.2) is 4.98 Å². The highest BCUT2D eigenvalue weighted by atomic mass is 35.5. The number of halogens is 1. The minimum atomic E-state index is 0.798. The molecule has 0 aliphatic carbocycles. The molecular weight excluding hydrogens is 382 g/mol. The molecule has 0 saturated carbocycles. The van der Waals surface area contributed by atoms with Crippen molar-refractivity contribution in [3.8, 4) is 0 Å². The van der Waals surface area contributed by atoms with Gasteiger partial charge in [0.05, 0.1) is 0 Å². The summed E-state index contributed by atoms with van der Waals surface area (Å²) in [5.74, 6) is 1.09. The molecule has 0 spiro atoms. The molecular formula is C23H28ClN5. The number of rotatable bonds is 5. The van der Waals surface area contributed by atoms with E-state index < -0.39 is 0 Å². The van der Waals surface area contributed by atoms with Crippen LogP contribution in [0.2, 0.25) is 5.02 Å². The molecule has 152 valence electrons. The Balaban J connectivity index is 1.27. The third-order valence-electron chi connectivity index (χ3n) is 6.23. The zero-order chi connectivity index (χ0) is 19.6. The molecule has 0 radical (unpaired) electrons. The van der Waals surface area contributed by atoms with Crippen molar-refractivity contribution in [3.05, 3.63) is 53.7 Å². The normalized spacial score (nSPS) is 18.1. The number of pyridine rings is 1. The molecule has 2 aliphatic heterocycles. The van der Waals surface area contributed by atoms with E-state index in [-0.39, 0.29) is 0 Å². The second kappa shape index (κ2) is 8.25. The molecule has 0 unspecified atom stereocenters. The number of benzene rings is 1. The van der Waals surface area contributed by atoms with Crippen molar-refractivity contribution in [2.45, 2.75) is 19.4 Å². The van der Waals surface area contributed by atoms with Crippen molar-refractivity contribution >= 4 is 34.1 Å². The smallest absolute Gasteiger partial charge is 0.142 e. The standard InChI is InChI=1S/C23H28ClN5/c24-20-4-3-5-21(18-20)27-14-16-28(17-15-27)22-7-6-19-8-11-29(23(19)25-22)13-12-26-9-1-2-10-26/h3-8,11,18H,1-2,9-10,12-17H2. The van der Waals surface area contributed by atoms with Gasteiger partial charge in [-0.05, 0) is 62.3 Å². The Bertz CT molecular complexity index is 970. The average molecular weight is 410 g/mol. The molecule has 1 aromatic carbocycles. The highest BCUT2D eigenvalue weighted by Gasteiger charge is 2.19. The van der Waals surface area contributed by atoms with Crippen LogP contribution in [0.1, 0.15) is 12.8 Å². The molecule has 3 aromatic rings. The van der Waals surface area contributed by atoms with Crippen molar-refractivity contribution in [1.82, 2.24) is 14.5 Å². The van der Waals surface area contributed by atoms with Crippen LogP contribution in [0.4, 0.5) is 11.5 Å². The Morgan fingerprint density at radius 2 is 1.62 bits per heavy atom. The molecule has 5 nitrogen and oxygen atoms in total. The van der Waals surface area contributed by atoms with Crippen molar-refractivity contribution < 1.29 is 0 Å². The molecule has 2 aliphatic rings. The van der Waals surface area contributed by atoms with E-state index in [1.165, 1.54) is 37.0 Å². The minimum Gasteiger partial charge on any atom is -0.368 e. The van der Waals surface area contributed by atoms with Gasteiger partial charge in [0.15, 0.2) is 0 Å². The maximum Gasteiger partial charge on any atom is 0.142 e. The first-order valence-corrected chi connectivity index (χ1v) is 11.1. The summed E-state index contributed by atoms with van der Waals surface area (Å²) < 4.78 is 2.32. The van der Waals surface area contributed by atoms with Gasteiger partial charge in [0.25, 0.3) is 0 Å². The van der Waals surface area contributed by atoms with E-state index in [2.05, 4.69) is 55.8 Å². The van der Waals surface area contributed by atoms with Gasteiger partial charge >= 0.3 is 0 Å². The van der Waals surface area contributed by atoms with Crippen LogP contribution in [0.15, 0.2) is 48.7 Å². The predicted octanol–water partition coefficient (Wildman–Crippen LogP) is 4.11. The van der Waals surface area contributed by atoms with E-state index in [0.717, 1.165) is 55.8 Å². The predicted molar refractivity (Wildman–Crippen MR) is 121 cm³/mol. The molecule has 0 atom stereocenters. The lowest BCUT2D eigenvalue weighted by Crippen LogP contribution is -2.46. The molecule has 0 bridgehead atoms. The van der Waals surface area contributed by atoms with Gasteiger partial charge < -0.3 is 19.3 Å². The molecule has 0 N–H and O–H groups in total. The lowest BCUT2D eigenvalue weighted by Gasteiger charge is -2.36. The van der Waals surface area contributed by atoms with E-state index in [1.807, 2.05) is 12.1 Å². The van der Waals surface area contributed by atoms with Crippen molar-refractivity contribution in [2.75, 3.05) is 55.6 Å². The summed E-state index contributed by atoms with van der Waals surface area (Å²) >= 11 is 6.16. The van der Waals surface area contributed by atoms with E-state index in [0.29, 0.717) is 0 Å². The van der Waals surface area contributed by atoms with E-state index in [9.17, 15) is 0 Å². The third-order valence-corrected chi connectivity index (χ3v) is 6.46. The number of nitrogens with zero attached hydrogens (tertiary/aromatic N) is 5. The Morgan fingerprint density at radius 1 is 0.828 bits per heavy atom. The van der Waals surface area contributed by atoms with Gasteiger partial charge in [0, 0.05) is 61.6 Å². The second-order valence-corrected chi connectivity index (χ2v) is 8.53. The van der Waals surface area contributed by atoms with Crippen molar-refractivity contribution in [2.24, 2.45) is 0 Å². The number of anilines is 2. The molecule has 6 heteroatoms. The Morgan fingerprint density at radius 3 is 2.41 bits per heavy atom. The van der Waals surface area contributed by atoms with Crippen LogP contribution >= 0.6 is 11.6 Å². The quantitative estimate of drug-likeness (QED) is 0.633. The largest absolute Gasteiger partial charge is 0.368 e. The molecule has 4 heterocycles. The van der Waals surface area contributed by atoms with Crippen LogP contribution in [-0.2, 0) is 6.54 Å². The SMILES string of the molecule is Clc1cccc(N2CCN(c3ccc4ccn(CCN5CCCC5)c4n3)CC2)c1. The van der Waals surface area contributed by atoms with Crippen molar-refractivity contribution in [3.63, 3.8) is 0 Å². The van der Waals surface area contributed by atoms with Gasteiger partial charge in [-0.2, -0.15) is 0 Å². The molecule has 5 rings (SSSR count). The van der Waals surface area contributed by atoms with Crippen molar-refractivity contribution in [1.29, 1.82) is 0 Å². The van der Waals surface area contributed by atoms with E-state index in [4.69, 9.17) is 16.6 Å². The fourth-order valence-electron chi connectivity index (χ4n) is 4.53. The number of aromatic nitrogens is 2. The monoisotopic (exact) mass is 409 g/mol. The highest BCUT2D eigenvalue weighted by Crippen LogP contribution is 2.24. The Hall–Kier alpha value is -2.24. The Labute approximate surface area is 177 Å². The zero-order valence-corrected chi connectivity index (χ0v) is 17.6. The van der Waals surface area contributed by atoms with Crippen LogP contribution in [-0.4, -0.2) is 60.3 Å². The first-order chi connectivity index (χ1) is 14.3. The maximum atomic E-state index is 6.16. The molecule has 29 heavy (non-hydrogen) atoms. The lowest BCUT2D eigenvalue weighted by molar-refractivity contribution is 0.324. The molecule has 2 fully saturated rings. The lowest BCUT2D eigenvalue weighted by atomic mass is 10.2. The van der Waals surface area contributed by atoms with Crippen LogP contribution in [0, 0.1) is 0 Å². The summed E-state index contributed by atoms with van der Waals surface area (Å²) in [7, 11) is 0. The van der Waals surface area contributed by atoms with Crippen LogP contribution in [0.5, 0.6) is 0 Å². The fourth-order valence-corrected chi connectivity index (χ4v) is 4.71. The first kappa shape index (κ1) is 18.8. The average Bonchev–Trinajstić information content (AvgIpc) is 3.42. The van der Waals surface area contributed by atoms with Gasteiger partial charge in [0.2, 0.25) is 0 Å². The van der Waals surface area contributed by atoms with Gasteiger partial charge in [0.1, 0.15) is 11.5 Å². The van der Waals surface area contributed by atoms with Crippen LogP contribution in [0.3, 0.4) is 0 Å². The number of hydrogen-bond donors (Lipinski definition) is 0. The maximum absolute atomic E-state index is 6.16. The van der Waals surface area contributed by atoms with Crippen LogP contribution in [0.25, 0.3) is 11.0 Å². The number of hydrogen-bond acceptors (Lipinski definition) is 4. The molecule has 2 saturated heterocycles. The summed E-state index contributed by atoms with van der Waals surface area (Å²) in [6, 6.07) is 14.7.